The minimum Gasteiger partial charge on any atom is -0.365 e. The molecule has 4 aromatic rings. The van der Waals surface area contributed by atoms with Crippen LogP contribution in [0.15, 0.2) is 61.2 Å². The normalized spacial score (nSPS) is 15.9. The van der Waals surface area contributed by atoms with E-state index in [1.54, 1.807) is 35.2 Å². The van der Waals surface area contributed by atoms with Crippen molar-refractivity contribution >= 4 is 34.6 Å². The van der Waals surface area contributed by atoms with Crippen molar-refractivity contribution < 1.29 is 4.79 Å². The molecule has 5 heterocycles. The van der Waals surface area contributed by atoms with Gasteiger partial charge in [-0.2, -0.15) is 0 Å². The van der Waals surface area contributed by atoms with Crippen LogP contribution in [-0.4, -0.2) is 49.6 Å². The van der Waals surface area contributed by atoms with Gasteiger partial charge in [0.15, 0.2) is 11.3 Å². The molecule has 0 unspecified atom stereocenters. The third-order valence-corrected chi connectivity index (χ3v) is 5.21. The van der Waals surface area contributed by atoms with E-state index >= 15 is 0 Å². The first kappa shape index (κ1) is 19.9. The Morgan fingerprint density at radius 3 is 2.78 bits per heavy atom. The predicted molar refractivity (Wildman–Crippen MR) is 122 cm³/mol. The van der Waals surface area contributed by atoms with Gasteiger partial charge in [0.1, 0.15) is 11.6 Å². The molecule has 10 heteroatoms. The first-order valence-electron chi connectivity index (χ1n) is 10.5. The third-order valence-electron chi connectivity index (χ3n) is 5.21. The highest BCUT2D eigenvalue weighted by molar-refractivity contribution is 6.03. The summed E-state index contributed by atoms with van der Waals surface area (Å²) < 4.78 is 1.56. The van der Waals surface area contributed by atoms with Gasteiger partial charge in [0.25, 0.3) is 5.91 Å². The molecule has 1 atom stereocenters. The van der Waals surface area contributed by atoms with E-state index in [4.69, 9.17) is 0 Å². The molecule has 1 saturated heterocycles. The Morgan fingerprint density at radius 1 is 1.09 bits per heavy atom. The quantitative estimate of drug-likeness (QED) is 0.369. The second-order valence-electron chi connectivity index (χ2n) is 7.54. The van der Waals surface area contributed by atoms with Gasteiger partial charge in [-0.15, -0.1) is 5.10 Å². The Balaban J connectivity index is 1.51. The summed E-state index contributed by atoms with van der Waals surface area (Å²) in [4.78, 5) is 25.7. The van der Waals surface area contributed by atoms with Gasteiger partial charge in [0.05, 0.1) is 11.9 Å². The molecule has 1 aliphatic rings. The summed E-state index contributed by atoms with van der Waals surface area (Å²) in [7, 11) is 0. The molecule has 0 aromatic carbocycles. The van der Waals surface area contributed by atoms with Crippen LogP contribution in [0, 0.1) is 0 Å². The fraction of sp³-hybridized carbons (Fsp3) is 0.227. The number of fused-ring (bicyclic) bond motifs is 1. The molecule has 0 aliphatic carbocycles. The summed E-state index contributed by atoms with van der Waals surface area (Å²) in [5.41, 5.74) is 2.21. The summed E-state index contributed by atoms with van der Waals surface area (Å²) in [6, 6.07) is 11.2. The van der Waals surface area contributed by atoms with Crippen LogP contribution in [-0.2, 0) is 0 Å². The zero-order chi connectivity index (χ0) is 21.8. The predicted octanol–water partition coefficient (Wildman–Crippen LogP) is 2.68. The van der Waals surface area contributed by atoms with E-state index in [1.165, 1.54) is 6.20 Å². The van der Waals surface area contributed by atoms with Crippen molar-refractivity contribution in [1.29, 1.82) is 0 Å². The van der Waals surface area contributed by atoms with Crippen molar-refractivity contribution in [3.63, 3.8) is 0 Å². The molecule has 1 aliphatic heterocycles. The molecule has 5 rings (SSSR count). The summed E-state index contributed by atoms with van der Waals surface area (Å²) in [6.07, 6.45) is 8.63. The average Bonchev–Trinajstić information content (AvgIpc) is 3.26. The number of imidazole rings is 1. The second kappa shape index (κ2) is 8.98. The number of hydrogen-bond acceptors (Lipinski definition) is 8. The zero-order valence-corrected chi connectivity index (χ0v) is 17.3. The van der Waals surface area contributed by atoms with Crippen LogP contribution in [0.3, 0.4) is 0 Å². The van der Waals surface area contributed by atoms with Crippen LogP contribution >= 0.6 is 0 Å². The number of hydrogen-bond donors (Lipinski definition) is 4. The SMILES string of the molecule is O=C(Nc1ccncc1)c1cnc2c(Nc3ccccn3)cc(N[C@H]3CCCNC3)nn12. The number of aromatic nitrogens is 5. The fourth-order valence-electron chi connectivity index (χ4n) is 3.68. The first-order valence-corrected chi connectivity index (χ1v) is 10.5. The van der Waals surface area contributed by atoms with E-state index in [0.29, 0.717) is 34.4 Å². The minimum absolute atomic E-state index is 0.258. The molecule has 4 N–H and O–H groups in total. The van der Waals surface area contributed by atoms with Gasteiger partial charge in [-0.05, 0) is 43.7 Å². The van der Waals surface area contributed by atoms with Gasteiger partial charge in [-0.1, -0.05) is 6.07 Å². The molecule has 0 bridgehead atoms. The third kappa shape index (κ3) is 4.35. The lowest BCUT2D eigenvalue weighted by Gasteiger charge is -2.24. The van der Waals surface area contributed by atoms with Crippen molar-refractivity contribution in [1.82, 2.24) is 29.9 Å². The van der Waals surface area contributed by atoms with Crippen molar-refractivity contribution in [2.24, 2.45) is 0 Å². The Hall–Kier alpha value is -4.05. The van der Waals surface area contributed by atoms with E-state index in [1.807, 2.05) is 24.3 Å². The van der Waals surface area contributed by atoms with Crippen molar-refractivity contribution in [2.45, 2.75) is 18.9 Å². The first-order chi connectivity index (χ1) is 15.8. The maximum absolute atomic E-state index is 13.0. The smallest absolute Gasteiger partial charge is 0.276 e. The van der Waals surface area contributed by atoms with Crippen LogP contribution < -0.4 is 21.3 Å². The van der Waals surface area contributed by atoms with Crippen LogP contribution in [0.2, 0.25) is 0 Å². The molecular weight excluding hydrogens is 406 g/mol. The van der Waals surface area contributed by atoms with Crippen LogP contribution in [0.4, 0.5) is 23.0 Å². The number of pyridine rings is 2. The van der Waals surface area contributed by atoms with Crippen LogP contribution in [0.25, 0.3) is 5.65 Å². The molecule has 32 heavy (non-hydrogen) atoms. The van der Waals surface area contributed by atoms with Gasteiger partial charge in [-0.25, -0.2) is 14.5 Å². The fourth-order valence-corrected chi connectivity index (χ4v) is 3.68. The number of carbonyl (C=O) groups excluding carboxylic acids is 1. The molecule has 0 spiro atoms. The molecule has 1 amide bonds. The lowest BCUT2D eigenvalue weighted by atomic mass is 10.1. The maximum Gasteiger partial charge on any atom is 0.276 e. The standard InChI is InChI=1S/C22H23N9O/c32-22(28-15-6-10-23-11-7-15)18-14-26-21-17(29-19-5-1-2-9-25-19)12-20(30-31(18)21)27-16-4-3-8-24-13-16/h1-2,5-7,9-12,14,16,24H,3-4,8,13H2,(H,25,29)(H,27,30)(H,23,28,32)/t16-/m0/s1. The number of anilines is 4. The lowest BCUT2D eigenvalue weighted by Crippen LogP contribution is -2.38. The molecule has 0 saturated carbocycles. The van der Waals surface area contributed by atoms with Crippen LogP contribution in [0.1, 0.15) is 23.3 Å². The monoisotopic (exact) mass is 429 g/mol. The number of amides is 1. The van der Waals surface area contributed by atoms with E-state index in [0.717, 1.165) is 25.9 Å². The average molecular weight is 429 g/mol. The highest BCUT2D eigenvalue weighted by Crippen LogP contribution is 2.24. The Kier molecular flexibility index (Phi) is 5.58. The van der Waals surface area contributed by atoms with E-state index in [-0.39, 0.29) is 11.9 Å². The summed E-state index contributed by atoms with van der Waals surface area (Å²) >= 11 is 0. The molecule has 10 nitrogen and oxygen atoms in total. The second-order valence-corrected chi connectivity index (χ2v) is 7.54. The number of carbonyl (C=O) groups is 1. The Bertz CT molecular complexity index is 1200. The molecule has 1 fully saturated rings. The minimum atomic E-state index is -0.309. The van der Waals surface area contributed by atoms with E-state index in [9.17, 15) is 4.79 Å². The zero-order valence-electron chi connectivity index (χ0n) is 17.3. The largest absolute Gasteiger partial charge is 0.365 e. The van der Waals surface area contributed by atoms with Crippen molar-refractivity contribution in [2.75, 3.05) is 29.0 Å². The van der Waals surface area contributed by atoms with Crippen LogP contribution in [0.5, 0.6) is 0 Å². The van der Waals surface area contributed by atoms with Gasteiger partial charge >= 0.3 is 0 Å². The Morgan fingerprint density at radius 2 is 2.00 bits per heavy atom. The molecule has 4 aromatic heterocycles. The number of rotatable bonds is 6. The molecule has 162 valence electrons. The highest BCUT2D eigenvalue weighted by Gasteiger charge is 2.19. The Labute approximate surface area is 184 Å². The highest BCUT2D eigenvalue weighted by atomic mass is 16.2. The topological polar surface area (TPSA) is 121 Å². The van der Waals surface area contributed by atoms with Gasteiger partial charge in [-0.3, -0.25) is 9.78 Å². The van der Waals surface area contributed by atoms with Gasteiger partial charge < -0.3 is 21.3 Å². The number of piperidine rings is 1. The van der Waals surface area contributed by atoms with Gasteiger partial charge in [0, 0.05) is 42.9 Å². The van der Waals surface area contributed by atoms with E-state index < -0.39 is 0 Å². The van der Waals surface area contributed by atoms with E-state index in [2.05, 4.69) is 41.3 Å². The summed E-state index contributed by atoms with van der Waals surface area (Å²) in [5.74, 6) is 1.02. The number of nitrogens with one attached hydrogen (secondary N) is 4. The lowest BCUT2D eigenvalue weighted by molar-refractivity contribution is 0.102. The van der Waals surface area contributed by atoms with Gasteiger partial charge in [0.2, 0.25) is 0 Å². The van der Waals surface area contributed by atoms with Crippen molar-refractivity contribution in [3.05, 3.63) is 66.9 Å². The van der Waals surface area contributed by atoms with Crippen molar-refractivity contribution in [3.8, 4) is 0 Å². The molecule has 0 radical (unpaired) electrons. The molecular formula is C22H23N9O. The maximum atomic E-state index is 13.0. The summed E-state index contributed by atoms with van der Waals surface area (Å²) in [5, 5.41) is 17.7. The number of nitrogens with zero attached hydrogens (tertiary/aromatic N) is 5. The summed E-state index contributed by atoms with van der Waals surface area (Å²) in [6.45, 7) is 1.89.